The summed E-state index contributed by atoms with van der Waals surface area (Å²) in [5.41, 5.74) is 1.05. The predicted molar refractivity (Wildman–Crippen MR) is 69.9 cm³/mol. The fourth-order valence-electron chi connectivity index (χ4n) is 1.62. The van der Waals surface area contributed by atoms with Gasteiger partial charge in [0.2, 0.25) is 0 Å². The van der Waals surface area contributed by atoms with Gasteiger partial charge in [0.05, 0.1) is 0 Å². The molecule has 1 heterocycles. The molecule has 86 valence electrons. The molecular weight excluding hydrogens is 240 g/mol. The van der Waals surface area contributed by atoms with Gasteiger partial charge < -0.3 is 0 Å². The van der Waals surface area contributed by atoms with Crippen LogP contribution in [0.2, 0.25) is 0 Å². The lowest BCUT2D eigenvalue weighted by molar-refractivity contribution is 0.670. The molecule has 2 nitrogen and oxygen atoms in total. The summed E-state index contributed by atoms with van der Waals surface area (Å²) >= 11 is 0. The first-order valence-corrected chi connectivity index (χ1v) is 7.78. The minimum atomic E-state index is -1.02. The van der Waals surface area contributed by atoms with E-state index in [1.165, 1.54) is 0 Å². The van der Waals surface area contributed by atoms with E-state index < -0.39 is 25.7 Å². The van der Waals surface area contributed by atoms with Gasteiger partial charge in [-0.15, -0.1) is 0 Å². The smallest absolute Gasteiger partial charge is 0.136 e. The van der Waals surface area contributed by atoms with Crippen molar-refractivity contribution >= 4 is 27.7 Å². The SMILES string of the molecule is CC1(/C=C/c2ccccc2)[S@@](=O)CC[S@@]1=O. The minimum Gasteiger partial charge on any atom is -0.258 e. The van der Waals surface area contributed by atoms with E-state index in [2.05, 4.69) is 0 Å². The molecule has 0 bridgehead atoms. The van der Waals surface area contributed by atoms with E-state index in [0.29, 0.717) is 11.5 Å². The molecule has 0 spiro atoms. The first-order valence-electron chi connectivity index (χ1n) is 5.14. The molecule has 1 aliphatic rings. The van der Waals surface area contributed by atoms with Crippen molar-refractivity contribution in [2.75, 3.05) is 11.5 Å². The average Bonchev–Trinajstić information content (AvgIpc) is 2.57. The maximum atomic E-state index is 11.8. The molecule has 0 N–H and O–H groups in total. The second-order valence-electron chi connectivity index (χ2n) is 3.86. The Morgan fingerprint density at radius 1 is 1.12 bits per heavy atom. The molecule has 0 aliphatic carbocycles. The summed E-state index contributed by atoms with van der Waals surface area (Å²) in [6.07, 6.45) is 3.74. The lowest BCUT2D eigenvalue weighted by Crippen LogP contribution is -2.27. The lowest BCUT2D eigenvalue weighted by Gasteiger charge is -2.15. The fraction of sp³-hybridized carbons (Fsp3) is 0.333. The summed E-state index contributed by atoms with van der Waals surface area (Å²) in [6.45, 7) is 1.81. The molecular formula is C12H14O2S2. The van der Waals surface area contributed by atoms with Crippen LogP contribution in [-0.4, -0.2) is 24.0 Å². The van der Waals surface area contributed by atoms with E-state index in [-0.39, 0.29) is 0 Å². The molecule has 16 heavy (non-hydrogen) atoms. The lowest BCUT2D eigenvalue weighted by atomic mass is 10.2. The third-order valence-corrected chi connectivity index (χ3v) is 7.34. The molecule has 0 saturated carbocycles. The molecule has 1 aliphatic heterocycles. The second kappa shape index (κ2) is 4.63. The van der Waals surface area contributed by atoms with Crippen LogP contribution in [0, 0.1) is 0 Å². The second-order valence-corrected chi connectivity index (χ2v) is 8.01. The summed E-state index contributed by atoms with van der Waals surface area (Å²) in [5.74, 6) is 1.09. The van der Waals surface area contributed by atoms with Crippen molar-refractivity contribution in [3.63, 3.8) is 0 Å². The summed E-state index contributed by atoms with van der Waals surface area (Å²) in [6, 6.07) is 9.79. The van der Waals surface area contributed by atoms with Crippen LogP contribution in [0.4, 0.5) is 0 Å². The highest BCUT2D eigenvalue weighted by atomic mass is 32.3. The van der Waals surface area contributed by atoms with E-state index in [9.17, 15) is 8.42 Å². The van der Waals surface area contributed by atoms with E-state index in [1.54, 1.807) is 0 Å². The zero-order valence-electron chi connectivity index (χ0n) is 9.09. The molecule has 1 fully saturated rings. The molecule has 0 radical (unpaired) electrons. The standard InChI is InChI=1S/C12H14O2S2/c1-12(15(13)9-10-16(12)14)8-7-11-5-3-2-4-6-11/h2-8H,9-10H2,1H3/b8-7+/t15-,16-/m0/s1. The first kappa shape index (κ1) is 11.7. The fourth-order valence-corrected chi connectivity index (χ4v) is 5.41. The maximum Gasteiger partial charge on any atom is 0.136 e. The van der Waals surface area contributed by atoms with Crippen LogP contribution in [0.5, 0.6) is 0 Å². The normalized spacial score (nSPS) is 28.6. The molecule has 4 heteroatoms. The third kappa shape index (κ3) is 2.18. The van der Waals surface area contributed by atoms with Crippen LogP contribution in [0.1, 0.15) is 12.5 Å². The summed E-state index contributed by atoms with van der Waals surface area (Å²) < 4.78 is 22.9. The van der Waals surface area contributed by atoms with Gasteiger partial charge in [-0.2, -0.15) is 0 Å². The van der Waals surface area contributed by atoms with Gasteiger partial charge in [-0.1, -0.05) is 42.5 Å². The Morgan fingerprint density at radius 2 is 1.69 bits per heavy atom. The third-order valence-electron chi connectivity index (χ3n) is 2.74. The monoisotopic (exact) mass is 254 g/mol. The Labute approximate surface area is 101 Å². The number of benzene rings is 1. The number of hydrogen-bond acceptors (Lipinski definition) is 2. The zero-order valence-corrected chi connectivity index (χ0v) is 10.7. The summed E-state index contributed by atoms with van der Waals surface area (Å²) in [7, 11) is -2.03. The van der Waals surface area contributed by atoms with Gasteiger partial charge in [0, 0.05) is 33.1 Å². The Bertz CT molecular complexity index is 435. The molecule has 1 saturated heterocycles. The van der Waals surface area contributed by atoms with Crippen LogP contribution in [0.15, 0.2) is 36.4 Å². The van der Waals surface area contributed by atoms with Crippen LogP contribution in [0.3, 0.4) is 0 Å². The number of hydrogen-bond donors (Lipinski definition) is 0. The van der Waals surface area contributed by atoms with E-state index in [0.717, 1.165) is 5.56 Å². The van der Waals surface area contributed by atoms with Crippen molar-refractivity contribution in [1.82, 2.24) is 0 Å². The molecule has 0 unspecified atom stereocenters. The van der Waals surface area contributed by atoms with Crippen LogP contribution in [0.25, 0.3) is 6.08 Å². The van der Waals surface area contributed by atoms with E-state index >= 15 is 0 Å². The van der Waals surface area contributed by atoms with Crippen molar-refractivity contribution in [2.24, 2.45) is 0 Å². The van der Waals surface area contributed by atoms with Gasteiger partial charge in [-0.05, 0) is 12.5 Å². The minimum absolute atomic E-state index is 0.544. The Morgan fingerprint density at radius 3 is 2.25 bits per heavy atom. The Kier molecular flexibility index (Phi) is 3.40. The summed E-state index contributed by atoms with van der Waals surface area (Å²) in [5, 5.41) is 0. The van der Waals surface area contributed by atoms with Crippen LogP contribution in [-0.2, 0) is 21.6 Å². The topological polar surface area (TPSA) is 34.1 Å². The molecule has 2 rings (SSSR count). The molecule has 1 aromatic rings. The Hall–Kier alpha value is -0.740. The maximum absolute atomic E-state index is 11.8. The zero-order chi connectivity index (χ0) is 11.6. The highest BCUT2D eigenvalue weighted by Crippen LogP contribution is 2.28. The van der Waals surface area contributed by atoms with Gasteiger partial charge in [0.25, 0.3) is 0 Å². The number of rotatable bonds is 2. The van der Waals surface area contributed by atoms with Crippen molar-refractivity contribution in [3.05, 3.63) is 42.0 Å². The Balaban J connectivity index is 2.24. The van der Waals surface area contributed by atoms with E-state index in [4.69, 9.17) is 0 Å². The summed E-state index contributed by atoms with van der Waals surface area (Å²) in [4.78, 5) is 0. The van der Waals surface area contributed by atoms with Crippen molar-refractivity contribution < 1.29 is 8.42 Å². The van der Waals surface area contributed by atoms with Gasteiger partial charge in [0.1, 0.15) is 4.08 Å². The molecule has 2 atom stereocenters. The van der Waals surface area contributed by atoms with Crippen LogP contribution >= 0.6 is 0 Å². The van der Waals surface area contributed by atoms with E-state index in [1.807, 2.05) is 49.4 Å². The van der Waals surface area contributed by atoms with Crippen molar-refractivity contribution in [3.8, 4) is 0 Å². The predicted octanol–water partition coefficient (Wildman–Crippen LogP) is 1.93. The molecule has 1 aromatic carbocycles. The van der Waals surface area contributed by atoms with Gasteiger partial charge in [-0.3, -0.25) is 8.42 Å². The molecule has 0 amide bonds. The quantitative estimate of drug-likeness (QED) is 0.808. The first-order chi connectivity index (χ1) is 7.63. The average molecular weight is 254 g/mol. The van der Waals surface area contributed by atoms with Gasteiger partial charge in [0.15, 0.2) is 0 Å². The van der Waals surface area contributed by atoms with Gasteiger partial charge >= 0.3 is 0 Å². The molecule has 0 aromatic heterocycles. The highest BCUT2D eigenvalue weighted by molar-refractivity contribution is 8.07. The largest absolute Gasteiger partial charge is 0.258 e. The van der Waals surface area contributed by atoms with Crippen molar-refractivity contribution in [1.29, 1.82) is 0 Å². The van der Waals surface area contributed by atoms with Crippen LogP contribution < -0.4 is 0 Å². The van der Waals surface area contributed by atoms with Gasteiger partial charge in [-0.25, -0.2) is 0 Å². The highest BCUT2D eigenvalue weighted by Gasteiger charge is 2.40. The van der Waals surface area contributed by atoms with Crippen molar-refractivity contribution in [2.45, 2.75) is 11.0 Å².